The lowest BCUT2D eigenvalue weighted by Gasteiger charge is -2.27. The third-order valence-corrected chi connectivity index (χ3v) is 4.81. The lowest BCUT2D eigenvalue weighted by Crippen LogP contribution is -2.44. The van der Waals surface area contributed by atoms with Gasteiger partial charge in [-0.1, -0.05) is 0 Å². The minimum absolute atomic E-state index is 0.0356. The van der Waals surface area contributed by atoms with Crippen molar-refractivity contribution in [2.24, 2.45) is 0 Å². The third kappa shape index (κ3) is 5.27. The van der Waals surface area contributed by atoms with Gasteiger partial charge in [-0.2, -0.15) is 0 Å². The van der Waals surface area contributed by atoms with Gasteiger partial charge >= 0.3 is 6.03 Å². The highest BCUT2D eigenvalue weighted by atomic mass is 16.5. The number of methoxy groups -OCH3 is 1. The molecule has 0 radical (unpaired) electrons. The van der Waals surface area contributed by atoms with Crippen molar-refractivity contribution in [3.8, 4) is 0 Å². The molecule has 1 N–H and O–H groups in total. The lowest BCUT2D eigenvalue weighted by molar-refractivity contribution is -0.00500. The molecule has 0 saturated carbocycles. The standard InChI is InChI=1S/C18H30N2O3/c1-14(6-8-16-9-7-15(2)23-16)19-17(21)20-12-5-10-18(3,22-4)11-13-20/h7,9,14H,5-6,8,10-13H2,1-4H3,(H,19,21)/t14-,18+/m0/s1. The first-order valence-electron chi connectivity index (χ1n) is 8.58. The molecule has 1 aromatic rings. The number of aryl methyl sites for hydroxylation is 2. The second-order valence-electron chi connectivity index (χ2n) is 6.90. The van der Waals surface area contributed by atoms with Crippen LogP contribution in [0.5, 0.6) is 0 Å². The van der Waals surface area contributed by atoms with E-state index < -0.39 is 0 Å². The van der Waals surface area contributed by atoms with Gasteiger partial charge in [0.05, 0.1) is 5.60 Å². The second-order valence-corrected chi connectivity index (χ2v) is 6.90. The topological polar surface area (TPSA) is 54.7 Å². The highest BCUT2D eigenvalue weighted by molar-refractivity contribution is 5.74. The van der Waals surface area contributed by atoms with Crippen LogP contribution in [0.15, 0.2) is 16.5 Å². The van der Waals surface area contributed by atoms with Crippen LogP contribution < -0.4 is 5.32 Å². The van der Waals surface area contributed by atoms with E-state index in [-0.39, 0.29) is 17.7 Å². The number of amides is 2. The molecule has 2 heterocycles. The fourth-order valence-electron chi connectivity index (χ4n) is 3.01. The highest BCUT2D eigenvalue weighted by Crippen LogP contribution is 2.25. The predicted molar refractivity (Wildman–Crippen MR) is 90.6 cm³/mol. The Morgan fingerprint density at radius 1 is 1.43 bits per heavy atom. The van der Waals surface area contributed by atoms with Crippen LogP contribution in [-0.2, 0) is 11.2 Å². The second kappa shape index (κ2) is 7.86. The molecule has 2 amide bonds. The molecule has 0 unspecified atom stereocenters. The zero-order valence-corrected chi connectivity index (χ0v) is 14.9. The maximum atomic E-state index is 12.4. The molecule has 0 spiro atoms. The summed E-state index contributed by atoms with van der Waals surface area (Å²) in [5, 5.41) is 3.10. The van der Waals surface area contributed by atoms with Crippen molar-refractivity contribution in [1.29, 1.82) is 0 Å². The van der Waals surface area contributed by atoms with E-state index >= 15 is 0 Å². The molecular weight excluding hydrogens is 292 g/mol. The molecule has 1 aliphatic heterocycles. The number of urea groups is 1. The zero-order valence-electron chi connectivity index (χ0n) is 14.9. The molecule has 5 heteroatoms. The summed E-state index contributed by atoms with van der Waals surface area (Å²) < 4.78 is 11.2. The van der Waals surface area contributed by atoms with Crippen molar-refractivity contribution in [3.63, 3.8) is 0 Å². The van der Waals surface area contributed by atoms with E-state index in [9.17, 15) is 4.79 Å². The van der Waals surface area contributed by atoms with E-state index in [0.717, 1.165) is 56.7 Å². The van der Waals surface area contributed by atoms with E-state index in [2.05, 4.69) is 12.2 Å². The Balaban J connectivity index is 1.76. The Kier molecular flexibility index (Phi) is 6.10. The molecule has 1 saturated heterocycles. The van der Waals surface area contributed by atoms with Crippen molar-refractivity contribution in [3.05, 3.63) is 23.7 Å². The van der Waals surface area contributed by atoms with Crippen LogP contribution >= 0.6 is 0 Å². The van der Waals surface area contributed by atoms with E-state index in [1.54, 1.807) is 7.11 Å². The summed E-state index contributed by atoms with van der Waals surface area (Å²) in [5.41, 5.74) is -0.0994. The molecule has 0 aliphatic carbocycles. The fourth-order valence-corrected chi connectivity index (χ4v) is 3.01. The van der Waals surface area contributed by atoms with Crippen LogP contribution in [0, 0.1) is 6.92 Å². The number of nitrogens with one attached hydrogen (secondary N) is 1. The highest BCUT2D eigenvalue weighted by Gasteiger charge is 2.29. The summed E-state index contributed by atoms with van der Waals surface area (Å²) in [4.78, 5) is 14.3. The smallest absolute Gasteiger partial charge is 0.317 e. The summed E-state index contributed by atoms with van der Waals surface area (Å²) in [6.45, 7) is 7.67. The fraction of sp³-hybridized carbons (Fsp3) is 0.722. The van der Waals surface area contributed by atoms with Crippen molar-refractivity contribution in [1.82, 2.24) is 10.2 Å². The molecule has 0 aromatic carbocycles. The number of furan rings is 1. The van der Waals surface area contributed by atoms with Gasteiger partial charge in [0.2, 0.25) is 0 Å². The molecule has 1 aliphatic rings. The molecule has 2 atom stereocenters. The average molecular weight is 322 g/mol. The normalized spacial score (nSPS) is 23.4. The number of carbonyl (C=O) groups is 1. The number of ether oxygens (including phenoxy) is 1. The van der Waals surface area contributed by atoms with Crippen LogP contribution in [0.2, 0.25) is 0 Å². The van der Waals surface area contributed by atoms with E-state index in [1.807, 2.05) is 30.9 Å². The number of rotatable bonds is 5. The summed E-state index contributed by atoms with van der Waals surface area (Å²) in [6, 6.07) is 4.14. The summed E-state index contributed by atoms with van der Waals surface area (Å²) >= 11 is 0. The Bertz CT molecular complexity index is 514. The van der Waals surface area contributed by atoms with Gasteiger partial charge in [-0.3, -0.25) is 0 Å². The molecule has 1 aromatic heterocycles. The van der Waals surface area contributed by atoms with Gasteiger partial charge in [0.1, 0.15) is 11.5 Å². The molecule has 23 heavy (non-hydrogen) atoms. The largest absolute Gasteiger partial charge is 0.466 e. The third-order valence-electron chi connectivity index (χ3n) is 4.81. The van der Waals surface area contributed by atoms with Gasteiger partial charge in [0.15, 0.2) is 0 Å². The number of hydrogen-bond donors (Lipinski definition) is 1. The van der Waals surface area contributed by atoms with E-state index in [4.69, 9.17) is 9.15 Å². The first-order valence-corrected chi connectivity index (χ1v) is 8.58. The molecular formula is C18H30N2O3. The maximum absolute atomic E-state index is 12.4. The van der Waals surface area contributed by atoms with E-state index in [1.165, 1.54) is 0 Å². The Morgan fingerprint density at radius 3 is 2.87 bits per heavy atom. The van der Waals surface area contributed by atoms with Crippen molar-refractivity contribution >= 4 is 6.03 Å². The van der Waals surface area contributed by atoms with Crippen LogP contribution in [0.25, 0.3) is 0 Å². The summed E-state index contributed by atoms with van der Waals surface area (Å²) in [7, 11) is 1.76. The first-order chi connectivity index (χ1) is 10.9. The quantitative estimate of drug-likeness (QED) is 0.902. The monoisotopic (exact) mass is 322 g/mol. The predicted octanol–water partition coefficient (Wildman–Crippen LogP) is 3.51. The minimum atomic E-state index is -0.0994. The molecule has 130 valence electrons. The SMILES string of the molecule is CO[C@]1(C)CCCN(C(=O)N[C@@H](C)CCc2ccc(C)o2)CC1. The van der Waals surface area contributed by atoms with Crippen molar-refractivity contribution in [2.75, 3.05) is 20.2 Å². The first kappa shape index (κ1) is 17.9. The van der Waals surface area contributed by atoms with Gasteiger partial charge < -0.3 is 19.4 Å². The van der Waals surface area contributed by atoms with Crippen LogP contribution in [0.4, 0.5) is 4.79 Å². The van der Waals surface area contributed by atoms with Crippen LogP contribution in [-0.4, -0.2) is 42.8 Å². The Morgan fingerprint density at radius 2 is 2.22 bits per heavy atom. The van der Waals surface area contributed by atoms with Crippen molar-refractivity contribution < 1.29 is 13.9 Å². The van der Waals surface area contributed by atoms with E-state index in [0.29, 0.717) is 0 Å². The van der Waals surface area contributed by atoms with Crippen LogP contribution in [0.3, 0.4) is 0 Å². The Hall–Kier alpha value is -1.49. The van der Waals surface area contributed by atoms with Crippen LogP contribution in [0.1, 0.15) is 51.1 Å². The number of carbonyl (C=O) groups excluding carboxylic acids is 1. The maximum Gasteiger partial charge on any atom is 0.317 e. The molecule has 2 rings (SSSR count). The van der Waals surface area contributed by atoms with Gasteiger partial charge in [0, 0.05) is 32.7 Å². The number of nitrogens with zero attached hydrogens (tertiary/aromatic N) is 1. The lowest BCUT2D eigenvalue weighted by atomic mass is 9.97. The molecule has 5 nitrogen and oxygen atoms in total. The van der Waals surface area contributed by atoms with Gasteiger partial charge in [-0.25, -0.2) is 4.79 Å². The average Bonchev–Trinajstić information content (AvgIpc) is 2.83. The van der Waals surface area contributed by atoms with Gasteiger partial charge in [0.25, 0.3) is 0 Å². The molecule has 1 fully saturated rings. The minimum Gasteiger partial charge on any atom is -0.466 e. The van der Waals surface area contributed by atoms with Gasteiger partial charge in [-0.15, -0.1) is 0 Å². The Labute approximate surface area is 139 Å². The summed E-state index contributed by atoms with van der Waals surface area (Å²) in [5.74, 6) is 1.91. The summed E-state index contributed by atoms with van der Waals surface area (Å²) in [6.07, 6.45) is 4.59. The van der Waals surface area contributed by atoms with Gasteiger partial charge in [-0.05, 0) is 58.6 Å². The molecule has 0 bridgehead atoms. The van der Waals surface area contributed by atoms with Crippen molar-refractivity contribution in [2.45, 2.75) is 64.5 Å². The zero-order chi connectivity index (χ0) is 16.9. The number of likely N-dealkylation sites (tertiary alicyclic amines) is 1. The number of hydrogen-bond acceptors (Lipinski definition) is 3.